The summed E-state index contributed by atoms with van der Waals surface area (Å²) in [6, 6.07) is 35.9. The normalized spacial score (nSPS) is 12.6. The van der Waals surface area contributed by atoms with Crippen molar-refractivity contribution in [1.29, 1.82) is 0 Å². The largest absolute Gasteiger partial charge is 0.355 e. The number of hydrogen-bond donors (Lipinski definition) is 3. The summed E-state index contributed by atoms with van der Waals surface area (Å²) in [6.07, 6.45) is 0. The molecular formula is C42H25N3O6. The topological polar surface area (TPSA) is 139 Å². The number of amides is 2. The fraction of sp³-hybridized carbons (Fsp3) is 0. The van der Waals surface area contributed by atoms with Gasteiger partial charge in [0.1, 0.15) is 0 Å². The van der Waals surface area contributed by atoms with Gasteiger partial charge >= 0.3 is 0 Å². The lowest BCUT2D eigenvalue weighted by molar-refractivity contribution is 0.0978. The van der Waals surface area contributed by atoms with Crippen molar-refractivity contribution in [3.05, 3.63) is 189 Å². The van der Waals surface area contributed by atoms with Crippen molar-refractivity contribution in [2.24, 2.45) is 0 Å². The second-order valence-corrected chi connectivity index (χ2v) is 12.0. The molecule has 2 aliphatic rings. The lowest BCUT2D eigenvalue weighted by Gasteiger charge is -2.25. The molecule has 0 spiro atoms. The van der Waals surface area contributed by atoms with Crippen LogP contribution in [-0.4, -0.2) is 34.9 Å². The summed E-state index contributed by atoms with van der Waals surface area (Å²) in [6.45, 7) is 0. The Morgan fingerprint density at radius 1 is 0.373 bits per heavy atom. The van der Waals surface area contributed by atoms with Crippen molar-refractivity contribution >= 4 is 57.7 Å². The van der Waals surface area contributed by atoms with E-state index in [1.807, 2.05) is 0 Å². The number of rotatable bonds is 6. The quantitative estimate of drug-likeness (QED) is 0.167. The highest BCUT2D eigenvalue weighted by molar-refractivity contribution is 6.33. The minimum absolute atomic E-state index is 0.00345. The standard InChI is InChI=1S/C42H25N3O6/c46-37-26-15-7-8-16-27(26)38(47)34-30(37)21-25(22-33(34)45-42(51)24-13-5-2-6-14-24)43-31-19-20-32(44-41(50)23-11-3-1-4-12-23)36-35(31)39(48)28-17-9-10-18-29(28)40(36)49/h1-22,43H,(H,44,50)(H,45,51). The maximum Gasteiger partial charge on any atom is 0.255 e. The highest BCUT2D eigenvalue weighted by Gasteiger charge is 2.36. The van der Waals surface area contributed by atoms with E-state index in [0.29, 0.717) is 11.1 Å². The van der Waals surface area contributed by atoms with Gasteiger partial charge in [-0.1, -0.05) is 84.9 Å². The van der Waals surface area contributed by atoms with Gasteiger partial charge in [0.25, 0.3) is 11.8 Å². The van der Waals surface area contributed by atoms with Gasteiger partial charge in [-0.2, -0.15) is 0 Å². The Morgan fingerprint density at radius 2 is 0.784 bits per heavy atom. The molecule has 0 saturated carbocycles. The second kappa shape index (κ2) is 12.3. The molecule has 6 aromatic carbocycles. The number of nitrogens with one attached hydrogen (secondary N) is 3. The van der Waals surface area contributed by atoms with E-state index in [1.54, 1.807) is 115 Å². The zero-order valence-corrected chi connectivity index (χ0v) is 26.7. The van der Waals surface area contributed by atoms with Crippen LogP contribution in [0, 0.1) is 0 Å². The summed E-state index contributed by atoms with van der Waals surface area (Å²) < 4.78 is 0. The Bertz CT molecular complexity index is 2510. The van der Waals surface area contributed by atoms with Gasteiger partial charge in [-0.25, -0.2) is 0 Å². The third-order valence-electron chi connectivity index (χ3n) is 8.95. The zero-order chi connectivity index (χ0) is 35.2. The molecule has 9 nitrogen and oxygen atoms in total. The predicted molar refractivity (Wildman–Crippen MR) is 192 cm³/mol. The highest BCUT2D eigenvalue weighted by atomic mass is 16.2. The van der Waals surface area contributed by atoms with Crippen molar-refractivity contribution in [2.45, 2.75) is 0 Å². The van der Waals surface area contributed by atoms with Crippen LogP contribution in [0.1, 0.15) is 84.4 Å². The lowest BCUT2D eigenvalue weighted by atomic mass is 9.81. The van der Waals surface area contributed by atoms with Crippen molar-refractivity contribution in [2.75, 3.05) is 16.0 Å². The number of fused-ring (bicyclic) bond motifs is 4. The lowest BCUT2D eigenvalue weighted by Crippen LogP contribution is -2.25. The fourth-order valence-electron chi connectivity index (χ4n) is 6.55. The first kappa shape index (κ1) is 31.0. The van der Waals surface area contributed by atoms with Crippen LogP contribution in [-0.2, 0) is 0 Å². The number of benzene rings is 6. The van der Waals surface area contributed by atoms with Gasteiger partial charge in [-0.05, 0) is 48.5 Å². The van der Waals surface area contributed by atoms with E-state index in [1.165, 1.54) is 18.2 Å². The molecule has 2 amide bonds. The first-order chi connectivity index (χ1) is 24.8. The molecule has 0 fully saturated rings. The van der Waals surface area contributed by atoms with E-state index in [2.05, 4.69) is 16.0 Å². The van der Waals surface area contributed by atoms with Gasteiger partial charge < -0.3 is 16.0 Å². The maximum atomic E-state index is 14.1. The summed E-state index contributed by atoms with van der Waals surface area (Å²) >= 11 is 0. The highest BCUT2D eigenvalue weighted by Crippen LogP contribution is 2.40. The van der Waals surface area contributed by atoms with Crippen LogP contribution in [0.25, 0.3) is 0 Å². The molecule has 0 aliphatic heterocycles. The molecular weight excluding hydrogens is 642 g/mol. The third kappa shape index (κ3) is 5.30. The van der Waals surface area contributed by atoms with Crippen LogP contribution in [0.5, 0.6) is 0 Å². The minimum atomic E-state index is -0.498. The van der Waals surface area contributed by atoms with Gasteiger partial charge in [0.15, 0.2) is 23.1 Å². The zero-order valence-electron chi connectivity index (χ0n) is 26.7. The number of ketones is 4. The monoisotopic (exact) mass is 667 g/mol. The molecule has 0 heterocycles. The van der Waals surface area contributed by atoms with E-state index in [4.69, 9.17) is 0 Å². The molecule has 0 unspecified atom stereocenters. The van der Waals surface area contributed by atoms with Crippen molar-refractivity contribution in [3.8, 4) is 0 Å². The molecule has 8 rings (SSSR count). The molecule has 3 N–H and O–H groups in total. The Kier molecular flexibility index (Phi) is 7.50. The summed E-state index contributed by atoms with van der Waals surface area (Å²) in [5, 5.41) is 8.80. The van der Waals surface area contributed by atoms with E-state index in [-0.39, 0.29) is 67.3 Å². The molecule has 0 aromatic heterocycles. The SMILES string of the molecule is O=C(Nc1cc(Nc2ccc(NC(=O)c3ccccc3)c3c2C(=O)c2ccccc2C3=O)cc2c1C(=O)c1ccccc1C2=O)c1ccccc1. The van der Waals surface area contributed by atoms with Crippen LogP contribution in [0.4, 0.5) is 22.7 Å². The minimum Gasteiger partial charge on any atom is -0.355 e. The van der Waals surface area contributed by atoms with E-state index < -0.39 is 34.9 Å². The Balaban J connectivity index is 1.26. The average Bonchev–Trinajstić information content (AvgIpc) is 3.17. The summed E-state index contributed by atoms with van der Waals surface area (Å²) in [5.41, 5.74) is 2.37. The average molecular weight is 668 g/mol. The molecule has 6 aromatic rings. The Morgan fingerprint density at radius 3 is 1.31 bits per heavy atom. The molecule has 2 aliphatic carbocycles. The molecule has 9 heteroatoms. The number of carbonyl (C=O) groups excluding carboxylic acids is 6. The molecule has 244 valence electrons. The van der Waals surface area contributed by atoms with E-state index in [0.717, 1.165) is 0 Å². The molecule has 0 saturated heterocycles. The Labute approximate surface area is 291 Å². The van der Waals surface area contributed by atoms with Crippen LogP contribution in [0.2, 0.25) is 0 Å². The van der Waals surface area contributed by atoms with Crippen LogP contribution < -0.4 is 16.0 Å². The van der Waals surface area contributed by atoms with Crippen LogP contribution in [0.3, 0.4) is 0 Å². The van der Waals surface area contributed by atoms with Crippen LogP contribution >= 0.6 is 0 Å². The van der Waals surface area contributed by atoms with Crippen molar-refractivity contribution < 1.29 is 28.8 Å². The third-order valence-corrected chi connectivity index (χ3v) is 8.95. The molecule has 0 atom stereocenters. The summed E-state index contributed by atoms with van der Waals surface area (Å²) in [7, 11) is 0. The number of hydrogen-bond acceptors (Lipinski definition) is 7. The Hall–Kier alpha value is -7.26. The van der Waals surface area contributed by atoms with Crippen molar-refractivity contribution in [1.82, 2.24) is 0 Å². The van der Waals surface area contributed by atoms with E-state index in [9.17, 15) is 28.8 Å². The first-order valence-corrected chi connectivity index (χ1v) is 16.0. The maximum absolute atomic E-state index is 14.1. The second-order valence-electron chi connectivity index (χ2n) is 12.0. The van der Waals surface area contributed by atoms with Gasteiger partial charge in [0.2, 0.25) is 0 Å². The number of anilines is 4. The molecule has 0 bridgehead atoms. The van der Waals surface area contributed by atoms with Gasteiger partial charge in [-0.15, -0.1) is 0 Å². The van der Waals surface area contributed by atoms with Gasteiger partial charge in [-0.3, -0.25) is 28.8 Å². The predicted octanol–water partition coefficient (Wildman–Crippen LogP) is 7.49. The summed E-state index contributed by atoms with van der Waals surface area (Å²) in [4.78, 5) is 82.5. The molecule has 51 heavy (non-hydrogen) atoms. The smallest absolute Gasteiger partial charge is 0.255 e. The van der Waals surface area contributed by atoms with Gasteiger partial charge in [0.05, 0.1) is 33.8 Å². The summed E-state index contributed by atoms with van der Waals surface area (Å²) in [5.74, 6) is -2.71. The first-order valence-electron chi connectivity index (χ1n) is 16.0. The van der Waals surface area contributed by atoms with Crippen molar-refractivity contribution in [3.63, 3.8) is 0 Å². The van der Waals surface area contributed by atoms with E-state index >= 15 is 0 Å². The number of carbonyl (C=O) groups is 6. The van der Waals surface area contributed by atoms with Gasteiger partial charge in [0, 0.05) is 44.6 Å². The fourth-order valence-corrected chi connectivity index (χ4v) is 6.55. The van der Waals surface area contributed by atoms with Crippen LogP contribution in [0.15, 0.2) is 133 Å². The molecule has 0 radical (unpaired) electrons.